The molecule has 1 aromatic carbocycles. The number of rotatable bonds is 3. The van der Waals surface area contributed by atoms with E-state index in [1.807, 2.05) is 6.07 Å². The van der Waals surface area contributed by atoms with E-state index in [1.165, 1.54) is 28.9 Å². The molecule has 0 aliphatic rings. The van der Waals surface area contributed by atoms with Crippen LogP contribution < -0.4 is 5.56 Å². The molecule has 0 bridgehead atoms. The summed E-state index contributed by atoms with van der Waals surface area (Å²) in [5.41, 5.74) is 1.10. The summed E-state index contributed by atoms with van der Waals surface area (Å²) in [7, 11) is 0. The lowest BCUT2D eigenvalue weighted by molar-refractivity contribution is 0.583. The van der Waals surface area contributed by atoms with Gasteiger partial charge in [-0.2, -0.15) is 5.10 Å². The van der Waals surface area contributed by atoms with E-state index >= 15 is 0 Å². The molecule has 4 nitrogen and oxygen atoms in total. The molecule has 0 aliphatic heterocycles. The van der Waals surface area contributed by atoms with Gasteiger partial charge in [-0.05, 0) is 29.8 Å². The second-order valence-electron chi connectivity index (χ2n) is 4.73. The predicted octanol–water partition coefficient (Wildman–Crippen LogP) is 2.63. The molecular formula is C16H11F2N3O. The minimum absolute atomic E-state index is 0.234. The average molecular weight is 299 g/mol. The number of hydrogen-bond acceptors (Lipinski definition) is 3. The van der Waals surface area contributed by atoms with Crippen LogP contribution in [0.2, 0.25) is 0 Å². The van der Waals surface area contributed by atoms with Gasteiger partial charge in [0.2, 0.25) is 0 Å². The summed E-state index contributed by atoms with van der Waals surface area (Å²) in [6.45, 7) is 0.234. The molecule has 0 N–H and O–H groups in total. The van der Waals surface area contributed by atoms with Gasteiger partial charge >= 0.3 is 0 Å². The molecule has 6 heteroatoms. The van der Waals surface area contributed by atoms with Gasteiger partial charge in [-0.15, -0.1) is 0 Å². The first-order chi connectivity index (χ1) is 10.6. The standard InChI is InChI=1S/C16H11F2N3O/c17-13-6-12(7-14(18)8-13)15-3-4-16(22)21(20-15)10-11-2-1-5-19-9-11/h1-9H,10H2. The van der Waals surface area contributed by atoms with Crippen LogP contribution in [-0.2, 0) is 6.54 Å². The molecule has 0 radical (unpaired) electrons. The summed E-state index contributed by atoms with van der Waals surface area (Å²) >= 11 is 0. The summed E-state index contributed by atoms with van der Waals surface area (Å²) in [4.78, 5) is 15.8. The second-order valence-corrected chi connectivity index (χ2v) is 4.73. The van der Waals surface area contributed by atoms with Crippen LogP contribution >= 0.6 is 0 Å². The highest BCUT2D eigenvalue weighted by Crippen LogP contribution is 2.18. The number of halogens is 2. The molecule has 0 unspecified atom stereocenters. The zero-order valence-electron chi connectivity index (χ0n) is 11.4. The molecule has 0 aliphatic carbocycles. The van der Waals surface area contributed by atoms with Gasteiger partial charge in [-0.3, -0.25) is 9.78 Å². The molecule has 0 saturated carbocycles. The topological polar surface area (TPSA) is 47.8 Å². The van der Waals surface area contributed by atoms with Gasteiger partial charge < -0.3 is 0 Å². The Labute approximate surface area is 124 Å². The molecule has 110 valence electrons. The van der Waals surface area contributed by atoms with Crippen LogP contribution in [0.5, 0.6) is 0 Å². The molecule has 22 heavy (non-hydrogen) atoms. The van der Waals surface area contributed by atoms with Crippen LogP contribution in [0.3, 0.4) is 0 Å². The maximum Gasteiger partial charge on any atom is 0.267 e. The van der Waals surface area contributed by atoms with Crippen molar-refractivity contribution < 1.29 is 8.78 Å². The van der Waals surface area contributed by atoms with E-state index in [1.54, 1.807) is 18.5 Å². The summed E-state index contributed by atoms with van der Waals surface area (Å²) in [6.07, 6.45) is 3.26. The van der Waals surface area contributed by atoms with Gasteiger partial charge in [0.1, 0.15) is 11.6 Å². The van der Waals surface area contributed by atoms with Gasteiger partial charge in [0, 0.05) is 30.1 Å². The zero-order chi connectivity index (χ0) is 15.5. The maximum absolute atomic E-state index is 13.3. The Bertz CT molecular complexity index is 843. The largest absolute Gasteiger partial charge is 0.268 e. The fourth-order valence-corrected chi connectivity index (χ4v) is 2.08. The Morgan fingerprint density at radius 3 is 2.50 bits per heavy atom. The van der Waals surface area contributed by atoms with Gasteiger partial charge in [0.05, 0.1) is 12.2 Å². The molecule has 0 amide bonds. The molecule has 3 aromatic rings. The first kappa shape index (κ1) is 14.1. The lowest BCUT2D eigenvalue weighted by atomic mass is 10.1. The normalized spacial score (nSPS) is 10.6. The summed E-state index contributed by atoms with van der Waals surface area (Å²) in [6, 6.07) is 9.46. The van der Waals surface area contributed by atoms with E-state index in [0.717, 1.165) is 11.6 Å². The Hall–Kier alpha value is -2.89. The monoisotopic (exact) mass is 299 g/mol. The van der Waals surface area contributed by atoms with Crippen LogP contribution in [0.25, 0.3) is 11.3 Å². The van der Waals surface area contributed by atoms with E-state index in [-0.39, 0.29) is 17.7 Å². The Balaban J connectivity index is 2.01. The summed E-state index contributed by atoms with van der Waals surface area (Å²) in [5.74, 6) is -1.39. The van der Waals surface area contributed by atoms with Crippen LogP contribution in [0.1, 0.15) is 5.56 Å². The van der Waals surface area contributed by atoms with Crippen molar-refractivity contribution in [1.82, 2.24) is 14.8 Å². The SMILES string of the molecule is O=c1ccc(-c2cc(F)cc(F)c2)nn1Cc1cccnc1. The van der Waals surface area contributed by atoms with Crippen molar-refractivity contribution in [3.8, 4) is 11.3 Å². The Kier molecular flexibility index (Phi) is 3.74. The third-order valence-electron chi connectivity index (χ3n) is 3.08. The predicted molar refractivity (Wildman–Crippen MR) is 77.2 cm³/mol. The van der Waals surface area contributed by atoms with E-state index < -0.39 is 11.6 Å². The minimum atomic E-state index is -0.693. The van der Waals surface area contributed by atoms with E-state index in [2.05, 4.69) is 10.1 Å². The minimum Gasteiger partial charge on any atom is -0.268 e. The average Bonchev–Trinajstić information content (AvgIpc) is 2.49. The Morgan fingerprint density at radius 1 is 1.05 bits per heavy atom. The molecule has 3 rings (SSSR count). The van der Waals surface area contributed by atoms with Crippen molar-refractivity contribution in [2.24, 2.45) is 0 Å². The van der Waals surface area contributed by atoms with Crippen molar-refractivity contribution in [3.63, 3.8) is 0 Å². The highest BCUT2D eigenvalue weighted by Gasteiger charge is 2.07. The zero-order valence-corrected chi connectivity index (χ0v) is 11.4. The number of nitrogens with zero attached hydrogens (tertiary/aromatic N) is 3. The van der Waals surface area contributed by atoms with Crippen LogP contribution in [-0.4, -0.2) is 14.8 Å². The van der Waals surface area contributed by atoms with Crippen molar-refractivity contribution in [1.29, 1.82) is 0 Å². The van der Waals surface area contributed by atoms with Gasteiger partial charge in [-0.25, -0.2) is 13.5 Å². The van der Waals surface area contributed by atoms with E-state index in [0.29, 0.717) is 5.69 Å². The van der Waals surface area contributed by atoms with Crippen LogP contribution in [0.4, 0.5) is 8.78 Å². The van der Waals surface area contributed by atoms with E-state index in [4.69, 9.17) is 0 Å². The quantitative estimate of drug-likeness (QED) is 0.747. The first-order valence-electron chi connectivity index (χ1n) is 6.55. The summed E-state index contributed by atoms with van der Waals surface area (Å²) < 4.78 is 27.8. The van der Waals surface area contributed by atoms with Crippen molar-refractivity contribution in [2.75, 3.05) is 0 Å². The number of hydrogen-bond donors (Lipinski definition) is 0. The maximum atomic E-state index is 13.3. The first-order valence-corrected chi connectivity index (χ1v) is 6.55. The molecule has 2 aromatic heterocycles. The number of benzene rings is 1. The van der Waals surface area contributed by atoms with Gasteiger partial charge in [0.25, 0.3) is 5.56 Å². The second kappa shape index (κ2) is 5.85. The highest BCUT2D eigenvalue weighted by molar-refractivity contribution is 5.58. The third kappa shape index (κ3) is 3.06. The van der Waals surface area contributed by atoms with E-state index in [9.17, 15) is 13.6 Å². The lowest BCUT2D eigenvalue weighted by Gasteiger charge is -2.07. The number of pyridine rings is 1. The van der Waals surface area contributed by atoms with Crippen molar-refractivity contribution in [3.05, 3.63) is 82.4 Å². The van der Waals surface area contributed by atoms with Gasteiger partial charge in [-0.1, -0.05) is 6.07 Å². The van der Waals surface area contributed by atoms with Crippen LogP contribution in [0, 0.1) is 11.6 Å². The summed E-state index contributed by atoms with van der Waals surface area (Å²) in [5, 5.41) is 4.16. The molecular weight excluding hydrogens is 288 g/mol. The third-order valence-corrected chi connectivity index (χ3v) is 3.08. The fourth-order valence-electron chi connectivity index (χ4n) is 2.08. The molecule has 0 spiro atoms. The number of aromatic nitrogens is 3. The fraction of sp³-hybridized carbons (Fsp3) is 0.0625. The molecule has 0 fully saturated rings. The molecule has 2 heterocycles. The van der Waals surface area contributed by atoms with Crippen molar-refractivity contribution >= 4 is 0 Å². The smallest absolute Gasteiger partial charge is 0.267 e. The molecule has 0 saturated heterocycles. The van der Waals surface area contributed by atoms with Crippen LogP contribution in [0.15, 0.2) is 59.7 Å². The van der Waals surface area contributed by atoms with Gasteiger partial charge in [0.15, 0.2) is 0 Å². The van der Waals surface area contributed by atoms with Crippen molar-refractivity contribution in [2.45, 2.75) is 6.54 Å². The lowest BCUT2D eigenvalue weighted by Crippen LogP contribution is -2.22. The Morgan fingerprint density at radius 2 is 1.82 bits per heavy atom. The highest BCUT2D eigenvalue weighted by atomic mass is 19.1. The molecule has 0 atom stereocenters.